The number of carbonyl (C=O) groups is 1. The van der Waals surface area contributed by atoms with Crippen molar-refractivity contribution in [2.75, 3.05) is 13.1 Å². The van der Waals surface area contributed by atoms with Gasteiger partial charge in [0.15, 0.2) is 0 Å². The van der Waals surface area contributed by atoms with Crippen LogP contribution >= 0.6 is 11.6 Å². The van der Waals surface area contributed by atoms with Crippen molar-refractivity contribution >= 4 is 17.5 Å². The van der Waals surface area contributed by atoms with Crippen molar-refractivity contribution in [1.29, 1.82) is 0 Å². The molecule has 3 heterocycles. The Labute approximate surface area is 181 Å². The number of hydrogen-bond acceptors (Lipinski definition) is 3. The molecule has 1 saturated heterocycles. The fourth-order valence-electron chi connectivity index (χ4n) is 5.89. The highest BCUT2D eigenvalue weighted by molar-refractivity contribution is 6.30. The first kappa shape index (κ1) is 18.1. The molecule has 1 atom stereocenters. The van der Waals surface area contributed by atoms with Crippen LogP contribution in [0.5, 0.6) is 0 Å². The van der Waals surface area contributed by atoms with Crippen LogP contribution < -0.4 is 0 Å². The van der Waals surface area contributed by atoms with E-state index in [9.17, 15) is 4.79 Å². The zero-order valence-corrected chi connectivity index (χ0v) is 17.3. The van der Waals surface area contributed by atoms with Gasteiger partial charge in [0.25, 0.3) is 5.91 Å². The molecule has 2 aromatic carbocycles. The first-order chi connectivity index (χ1) is 14.7. The van der Waals surface area contributed by atoms with Gasteiger partial charge in [0.05, 0.1) is 0 Å². The summed E-state index contributed by atoms with van der Waals surface area (Å²) in [5, 5.41) is 0.714. The Morgan fingerprint density at radius 2 is 1.77 bits per heavy atom. The van der Waals surface area contributed by atoms with Gasteiger partial charge in [-0.2, -0.15) is 0 Å². The van der Waals surface area contributed by atoms with E-state index in [1.807, 2.05) is 36.5 Å². The monoisotopic (exact) mass is 415 g/mol. The second-order valence-corrected chi connectivity index (χ2v) is 8.98. The molecule has 4 nitrogen and oxygen atoms in total. The molecule has 3 aliphatic rings. The van der Waals surface area contributed by atoms with Gasteiger partial charge in [-0.3, -0.25) is 14.7 Å². The molecule has 2 fully saturated rings. The fraction of sp³-hybridized carbons (Fsp3) is 0.280. The van der Waals surface area contributed by atoms with Gasteiger partial charge in [0.1, 0.15) is 5.66 Å². The fourth-order valence-corrected chi connectivity index (χ4v) is 6.02. The van der Waals surface area contributed by atoms with Crippen molar-refractivity contribution < 1.29 is 4.79 Å². The van der Waals surface area contributed by atoms with Crippen LogP contribution in [0.4, 0.5) is 0 Å². The van der Waals surface area contributed by atoms with Gasteiger partial charge in [-0.1, -0.05) is 48.0 Å². The van der Waals surface area contributed by atoms with E-state index in [4.69, 9.17) is 11.6 Å². The van der Waals surface area contributed by atoms with E-state index in [-0.39, 0.29) is 11.3 Å². The Bertz CT molecular complexity index is 1130. The molecule has 1 spiro atoms. The SMILES string of the molecule is O=C1c2ccccc2C2(CC2)C2(c3ccc(Cl)cc3)N(Cc3cccnc3)CCN12. The number of halogens is 1. The Hall–Kier alpha value is -2.69. The summed E-state index contributed by atoms with van der Waals surface area (Å²) in [5.74, 6) is 0.131. The van der Waals surface area contributed by atoms with Crippen LogP contribution in [0.15, 0.2) is 73.1 Å². The summed E-state index contributed by atoms with van der Waals surface area (Å²) in [6.45, 7) is 2.31. The molecular weight excluding hydrogens is 394 g/mol. The highest BCUT2D eigenvalue weighted by atomic mass is 35.5. The van der Waals surface area contributed by atoms with E-state index in [1.165, 1.54) is 5.56 Å². The maximum Gasteiger partial charge on any atom is 0.255 e. The van der Waals surface area contributed by atoms with Crippen LogP contribution in [0.2, 0.25) is 5.02 Å². The van der Waals surface area contributed by atoms with E-state index in [0.29, 0.717) is 5.02 Å². The van der Waals surface area contributed by atoms with Crippen molar-refractivity contribution in [1.82, 2.24) is 14.8 Å². The minimum atomic E-state index is -0.501. The van der Waals surface area contributed by atoms with Gasteiger partial charge >= 0.3 is 0 Å². The summed E-state index contributed by atoms with van der Waals surface area (Å²) in [4.78, 5) is 22.7. The van der Waals surface area contributed by atoms with Gasteiger partial charge in [0, 0.05) is 48.0 Å². The van der Waals surface area contributed by atoms with Crippen molar-refractivity contribution in [2.24, 2.45) is 0 Å². The lowest BCUT2D eigenvalue weighted by Crippen LogP contribution is -2.63. The number of hydrogen-bond donors (Lipinski definition) is 0. The lowest BCUT2D eigenvalue weighted by atomic mass is 9.71. The molecule has 6 rings (SSSR count). The van der Waals surface area contributed by atoms with Crippen LogP contribution in [0.3, 0.4) is 0 Å². The Morgan fingerprint density at radius 3 is 2.50 bits per heavy atom. The van der Waals surface area contributed by atoms with Crippen molar-refractivity contribution in [3.8, 4) is 0 Å². The standard InChI is InChI=1S/C25H22ClN3O/c26-20-9-7-19(8-10-20)25-24(11-12-24)22-6-2-1-5-21(22)23(30)29(25)15-14-28(25)17-18-4-3-13-27-16-18/h1-10,13,16H,11-12,14-15,17H2. The zero-order valence-electron chi connectivity index (χ0n) is 16.6. The third-order valence-corrected chi connectivity index (χ3v) is 7.37. The van der Waals surface area contributed by atoms with E-state index in [0.717, 1.165) is 49.2 Å². The highest BCUT2D eigenvalue weighted by Gasteiger charge is 2.71. The first-order valence-corrected chi connectivity index (χ1v) is 10.9. The maximum absolute atomic E-state index is 13.7. The molecule has 1 aromatic heterocycles. The molecule has 1 aliphatic carbocycles. The second-order valence-electron chi connectivity index (χ2n) is 8.55. The molecule has 0 radical (unpaired) electrons. The largest absolute Gasteiger partial charge is 0.314 e. The molecule has 1 saturated carbocycles. The van der Waals surface area contributed by atoms with E-state index in [2.05, 4.69) is 45.1 Å². The summed E-state index contributed by atoms with van der Waals surface area (Å²) >= 11 is 6.25. The van der Waals surface area contributed by atoms with Gasteiger partial charge in [-0.15, -0.1) is 0 Å². The van der Waals surface area contributed by atoms with Crippen LogP contribution in [0, 0.1) is 0 Å². The molecule has 0 bridgehead atoms. The molecule has 2 aliphatic heterocycles. The average molecular weight is 416 g/mol. The predicted octanol–water partition coefficient (Wildman–Crippen LogP) is 4.59. The van der Waals surface area contributed by atoms with Gasteiger partial charge in [-0.05, 0) is 53.8 Å². The minimum Gasteiger partial charge on any atom is -0.314 e. The lowest BCUT2D eigenvalue weighted by Gasteiger charge is -2.53. The maximum atomic E-state index is 13.7. The summed E-state index contributed by atoms with van der Waals surface area (Å²) in [7, 11) is 0. The predicted molar refractivity (Wildman–Crippen MR) is 116 cm³/mol. The van der Waals surface area contributed by atoms with E-state index in [1.54, 1.807) is 6.20 Å². The van der Waals surface area contributed by atoms with Crippen molar-refractivity contribution in [3.63, 3.8) is 0 Å². The minimum absolute atomic E-state index is 0.0932. The molecule has 1 amide bonds. The van der Waals surface area contributed by atoms with E-state index >= 15 is 0 Å². The van der Waals surface area contributed by atoms with Crippen molar-refractivity contribution in [2.45, 2.75) is 30.5 Å². The summed E-state index contributed by atoms with van der Waals surface area (Å²) < 4.78 is 0. The molecular formula is C25H22ClN3O. The van der Waals surface area contributed by atoms with Gasteiger partial charge in [0.2, 0.25) is 0 Å². The molecule has 5 heteroatoms. The number of rotatable bonds is 3. The average Bonchev–Trinajstić information content (AvgIpc) is 3.50. The normalized spacial score (nSPS) is 24.0. The molecule has 30 heavy (non-hydrogen) atoms. The summed E-state index contributed by atoms with van der Waals surface area (Å²) in [6, 6.07) is 20.4. The molecule has 0 N–H and O–H groups in total. The van der Waals surface area contributed by atoms with Crippen LogP contribution in [0.1, 0.15) is 39.9 Å². The summed E-state index contributed by atoms with van der Waals surface area (Å²) in [5.41, 5.74) is 3.77. The first-order valence-electron chi connectivity index (χ1n) is 10.5. The molecule has 150 valence electrons. The van der Waals surface area contributed by atoms with Crippen molar-refractivity contribution in [3.05, 3.63) is 100 Å². The zero-order chi connectivity index (χ0) is 20.3. The number of nitrogens with zero attached hydrogens (tertiary/aromatic N) is 3. The Balaban J connectivity index is 1.59. The molecule has 1 unspecified atom stereocenters. The van der Waals surface area contributed by atoms with Crippen LogP contribution in [0.25, 0.3) is 0 Å². The topological polar surface area (TPSA) is 36.4 Å². The number of aromatic nitrogens is 1. The molecule has 3 aromatic rings. The number of benzene rings is 2. The second kappa shape index (κ2) is 6.40. The lowest BCUT2D eigenvalue weighted by molar-refractivity contribution is -0.0294. The quantitative estimate of drug-likeness (QED) is 0.627. The van der Waals surface area contributed by atoms with Gasteiger partial charge < -0.3 is 4.90 Å². The third-order valence-electron chi connectivity index (χ3n) is 7.12. The summed E-state index contributed by atoms with van der Waals surface area (Å²) in [6.07, 6.45) is 5.87. The number of carbonyl (C=O) groups excluding carboxylic acids is 1. The number of fused-ring (bicyclic) bond motifs is 4. The third kappa shape index (κ3) is 2.26. The van der Waals surface area contributed by atoms with Crippen LogP contribution in [-0.2, 0) is 17.6 Å². The Kier molecular flexibility index (Phi) is 3.86. The van der Waals surface area contributed by atoms with Gasteiger partial charge in [-0.25, -0.2) is 0 Å². The highest BCUT2D eigenvalue weighted by Crippen LogP contribution is 2.67. The van der Waals surface area contributed by atoms with E-state index < -0.39 is 5.66 Å². The number of amides is 1. The number of pyridine rings is 1. The van der Waals surface area contributed by atoms with Crippen LogP contribution in [-0.4, -0.2) is 33.8 Å². The smallest absolute Gasteiger partial charge is 0.255 e. The Morgan fingerprint density at radius 1 is 0.967 bits per heavy atom.